The van der Waals surface area contributed by atoms with E-state index in [1.54, 1.807) is 0 Å². The molecule has 0 spiro atoms. The quantitative estimate of drug-likeness (QED) is 0.784. The van der Waals surface area contributed by atoms with Gasteiger partial charge in [-0.2, -0.15) is 0 Å². The maximum absolute atomic E-state index is 5.71. The molecule has 2 nitrogen and oxygen atoms in total. The molecule has 2 heteroatoms. The van der Waals surface area contributed by atoms with Crippen LogP contribution in [0.15, 0.2) is 30.3 Å². The minimum absolute atomic E-state index is 0.276. The zero-order chi connectivity index (χ0) is 10.7. The van der Waals surface area contributed by atoms with Crippen LogP contribution in [0.4, 0.5) is 0 Å². The molecule has 2 rings (SSSR count). The van der Waals surface area contributed by atoms with Crippen molar-refractivity contribution in [2.24, 2.45) is 5.73 Å². The Balaban J connectivity index is 1.94. The van der Waals surface area contributed by atoms with E-state index >= 15 is 0 Å². The molecule has 0 aliphatic heterocycles. The molecular weight excluding hydrogens is 184 g/mol. The topological polar surface area (TPSA) is 38.0 Å². The molecule has 1 aromatic rings. The Bertz CT molecular complexity index is 355. The summed E-state index contributed by atoms with van der Waals surface area (Å²) in [6, 6.07) is 9.15. The number of nitrogens with one attached hydrogen (secondary N) is 1. The zero-order valence-corrected chi connectivity index (χ0v) is 9.11. The molecule has 0 bridgehead atoms. The summed E-state index contributed by atoms with van der Waals surface area (Å²) < 4.78 is 0. The van der Waals surface area contributed by atoms with Crippen LogP contribution in [0.5, 0.6) is 0 Å². The van der Waals surface area contributed by atoms with Crippen LogP contribution in [0.2, 0.25) is 0 Å². The molecule has 15 heavy (non-hydrogen) atoms. The smallest absolute Gasteiger partial charge is 0.0515 e. The van der Waals surface area contributed by atoms with Crippen LogP contribution in [0, 0.1) is 0 Å². The Morgan fingerprint density at radius 3 is 3.00 bits per heavy atom. The number of benzene rings is 1. The van der Waals surface area contributed by atoms with Gasteiger partial charge in [0.15, 0.2) is 0 Å². The lowest BCUT2D eigenvalue weighted by molar-refractivity contribution is 0.559. The number of fused-ring (bicyclic) bond motifs is 1. The highest BCUT2D eigenvalue weighted by Gasteiger charge is 2.15. The van der Waals surface area contributed by atoms with E-state index in [-0.39, 0.29) is 6.04 Å². The van der Waals surface area contributed by atoms with Gasteiger partial charge in [-0.15, -0.1) is 0 Å². The fourth-order valence-corrected chi connectivity index (χ4v) is 1.89. The van der Waals surface area contributed by atoms with Gasteiger partial charge in [0.05, 0.1) is 6.04 Å². The van der Waals surface area contributed by atoms with Gasteiger partial charge < -0.3 is 11.1 Å². The second-order valence-corrected chi connectivity index (χ2v) is 4.19. The monoisotopic (exact) mass is 202 g/mol. The molecule has 0 fully saturated rings. The molecule has 3 N–H and O–H groups in total. The maximum atomic E-state index is 5.71. The fourth-order valence-electron chi connectivity index (χ4n) is 1.89. The predicted octanol–water partition coefficient (Wildman–Crippen LogP) is 2.08. The van der Waals surface area contributed by atoms with Crippen LogP contribution in [-0.2, 0) is 0 Å². The van der Waals surface area contributed by atoms with E-state index in [2.05, 4.69) is 41.7 Å². The molecular formula is C13H18N2. The van der Waals surface area contributed by atoms with Crippen molar-refractivity contribution in [3.8, 4) is 0 Å². The molecule has 1 aliphatic rings. The van der Waals surface area contributed by atoms with Gasteiger partial charge in [-0.3, -0.25) is 0 Å². The molecule has 1 aromatic carbocycles. The molecule has 80 valence electrons. The fraction of sp³-hybridized carbons (Fsp3) is 0.385. The van der Waals surface area contributed by atoms with Gasteiger partial charge >= 0.3 is 0 Å². The molecule has 1 aliphatic carbocycles. The van der Waals surface area contributed by atoms with Crippen molar-refractivity contribution < 1.29 is 0 Å². The van der Waals surface area contributed by atoms with Gasteiger partial charge in [-0.05, 0) is 31.0 Å². The lowest BCUT2D eigenvalue weighted by atomic mass is 10.1. The van der Waals surface area contributed by atoms with Crippen LogP contribution < -0.4 is 11.1 Å². The molecule has 0 aromatic heterocycles. The molecule has 0 heterocycles. The van der Waals surface area contributed by atoms with Gasteiger partial charge in [0.25, 0.3) is 0 Å². The van der Waals surface area contributed by atoms with E-state index in [4.69, 9.17) is 5.73 Å². The van der Waals surface area contributed by atoms with Crippen molar-refractivity contribution in [1.29, 1.82) is 0 Å². The standard InChI is InChI=1S/C13H18N2/c1-10(14)8-9-15-13-7-6-11-4-2-3-5-12(11)13/h2-7,10,13,15H,8-9,14H2,1H3. The lowest BCUT2D eigenvalue weighted by Gasteiger charge is -2.14. The minimum Gasteiger partial charge on any atom is -0.328 e. The molecule has 0 saturated carbocycles. The van der Waals surface area contributed by atoms with Crippen molar-refractivity contribution >= 4 is 6.08 Å². The normalized spacial score (nSPS) is 20.3. The van der Waals surface area contributed by atoms with Crippen LogP contribution in [0.1, 0.15) is 30.5 Å². The summed E-state index contributed by atoms with van der Waals surface area (Å²) in [5, 5.41) is 3.50. The van der Waals surface area contributed by atoms with Crippen molar-refractivity contribution in [3.63, 3.8) is 0 Å². The number of rotatable bonds is 4. The van der Waals surface area contributed by atoms with E-state index < -0.39 is 0 Å². The average Bonchev–Trinajstić information content (AvgIpc) is 2.62. The van der Waals surface area contributed by atoms with Gasteiger partial charge in [-0.25, -0.2) is 0 Å². The van der Waals surface area contributed by atoms with Gasteiger partial charge in [0.1, 0.15) is 0 Å². The van der Waals surface area contributed by atoms with Gasteiger partial charge in [-0.1, -0.05) is 36.4 Å². The van der Waals surface area contributed by atoms with Crippen molar-refractivity contribution in [3.05, 3.63) is 41.5 Å². The Labute approximate surface area is 91.2 Å². The molecule has 2 unspecified atom stereocenters. The first kappa shape index (κ1) is 10.4. The number of hydrogen-bond acceptors (Lipinski definition) is 2. The van der Waals surface area contributed by atoms with Crippen LogP contribution >= 0.6 is 0 Å². The second-order valence-electron chi connectivity index (χ2n) is 4.19. The summed E-state index contributed by atoms with van der Waals surface area (Å²) in [5.41, 5.74) is 8.42. The van der Waals surface area contributed by atoms with Crippen molar-refractivity contribution in [2.75, 3.05) is 6.54 Å². The average molecular weight is 202 g/mol. The number of nitrogens with two attached hydrogens (primary N) is 1. The van der Waals surface area contributed by atoms with E-state index in [1.165, 1.54) is 11.1 Å². The molecule has 0 saturated heterocycles. The Morgan fingerprint density at radius 1 is 1.40 bits per heavy atom. The first-order valence-corrected chi connectivity index (χ1v) is 5.53. The highest BCUT2D eigenvalue weighted by Crippen LogP contribution is 2.27. The second kappa shape index (κ2) is 4.60. The minimum atomic E-state index is 0.276. The predicted molar refractivity (Wildman–Crippen MR) is 64.5 cm³/mol. The van der Waals surface area contributed by atoms with E-state index in [0.29, 0.717) is 6.04 Å². The Morgan fingerprint density at radius 2 is 2.20 bits per heavy atom. The molecule has 0 amide bonds. The summed E-state index contributed by atoms with van der Waals surface area (Å²) in [5.74, 6) is 0. The zero-order valence-electron chi connectivity index (χ0n) is 9.11. The first-order chi connectivity index (χ1) is 7.27. The third-order valence-electron chi connectivity index (χ3n) is 2.76. The highest BCUT2D eigenvalue weighted by atomic mass is 14.9. The van der Waals surface area contributed by atoms with E-state index in [1.807, 2.05) is 6.92 Å². The highest BCUT2D eigenvalue weighted by molar-refractivity contribution is 5.61. The molecule has 0 radical (unpaired) electrons. The van der Waals surface area contributed by atoms with E-state index in [0.717, 1.165) is 13.0 Å². The van der Waals surface area contributed by atoms with E-state index in [9.17, 15) is 0 Å². The third kappa shape index (κ3) is 2.46. The SMILES string of the molecule is CC(N)CCNC1C=Cc2ccccc21. The van der Waals surface area contributed by atoms with Crippen LogP contribution in [0.3, 0.4) is 0 Å². The summed E-state index contributed by atoms with van der Waals surface area (Å²) >= 11 is 0. The Kier molecular flexibility index (Phi) is 3.19. The summed E-state index contributed by atoms with van der Waals surface area (Å²) in [4.78, 5) is 0. The Hall–Kier alpha value is -1.12. The van der Waals surface area contributed by atoms with Crippen molar-refractivity contribution in [1.82, 2.24) is 5.32 Å². The first-order valence-electron chi connectivity index (χ1n) is 5.53. The lowest BCUT2D eigenvalue weighted by Crippen LogP contribution is -2.26. The maximum Gasteiger partial charge on any atom is 0.0515 e. The summed E-state index contributed by atoms with van der Waals surface area (Å²) in [6.45, 7) is 3.02. The summed E-state index contributed by atoms with van der Waals surface area (Å²) in [6.07, 6.45) is 5.41. The van der Waals surface area contributed by atoms with Crippen LogP contribution in [-0.4, -0.2) is 12.6 Å². The number of hydrogen-bond donors (Lipinski definition) is 2. The van der Waals surface area contributed by atoms with Crippen LogP contribution in [0.25, 0.3) is 6.08 Å². The largest absolute Gasteiger partial charge is 0.328 e. The van der Waals surface area contributed by atoms with Gasteiger partial charge in [0, 0.05) is 6.04 Å². The molecule has 2 atom stereocenters. The van der Waals surface area contributed by atoms with Crippen molar-refractivity contribution in [2.45, 2.75) is 25.4 Å². The third-order valence-corrected chi connectivity index (χ3v) is 2.76. The van der Waals surface area contributed by atoms with Gasteiger partial charge in [0.2, 0.25) is 0 Å². The summed E-state index contributed by atoms with van der Waals surface area (Å²) in [7, 11) is 0.